The molecule has 0 fully saturated rings. The molecule has 1 aliphatic heterocycles. The van der Waals surface area contributed by atoms with E-state index in [0.29, 0.717) is 31.1 Å². The van der Waals surface area contributed by atoms with Gasteiger partial charge in [-0.2, -0.15) is 0 Å². The first-order valence-corrected chi connectivity index (χ1v) is 9.64. The number of carbonyl (C=O) groups excluding carboxylic acids is 1. The average Bonchev–Trinajstić information content (AvgIpc) is 2.72. The van der Waals surface area contributed by atoms with Gasteiger partial charge in [0.2, 0.25) is 5.88 Å². The molecular weight excluding hydrogens is 356 g/mol. The zero-order chi connectivity index (χ0) is 19.8. The van der Waals surface area contributed by atoms with Crippen molar-refractivity contribution in [2.24, 2.45) is 0 Å². The van der Waals surface area contributed by atoms with Crippen molar-refractivity contribution < 1.29 is 14.6 Å². The number of benzene rings is 1. The number of hydrogen-bond acceptors (Lipinski definition) is 6. The molecule has 1 aromatic heterocycles. The quantitative estimate of drug-likeness (QED) is 0.555. The highest BCUT2D eigenvalue weighted by molar-refractivity contribution is 5.94. The average molecular weight is 384 g/mol. The Balaban J connectivity index is 1.45. The largest absolute Gasteiger partial charge is 0.476 e. The summed E-state index contributed by atoms with van der Waals surface area (Å²) >= 11 is 0. The highest BCUT2D eigenvalue weighted by atomic mass is 16.5. The molecule has 0 bridgehead atoms. The van der Waals surface area contributed by atoms with E-state index in [1.54, 1.807) is 18.3 Å². The summed E-state index contributed by atoms with van der Waals surface area (Å²) in [4.78, 5) is 18.7. The Morgan fingerprint density at radius 3 is 2.96 bits per heavy atom. The molecule has 2 aromatic rings. The van der Waals surface area contributed by atoms with Gasteiger partial charge in [-0.3, -0.25) is 9.69 Å². The van der Waals surface area contributed by atoms with Gasteiger partial charge in [-0.05, 0) is 30.7 Å². The van der Waals surface area contributed by atoms with Gasteiger partial charge in [0.1, 0.15) is 6.61 Å². The number of ether oxygens (including phenoxy) is 1. The van der Waals surface area contributed by atoms with Crippen molar-refractivity contribution >= 4 is 5.91 Å². The molecule has 28 heavy (non-hydrogen) atoms. The number of pyridine rings is 1. The van der Waals surface area contributed by atoms with Crippen molar-refractivity contribution in [3.8, 4) is 5.88 Å². The van der Waals surface area contributed by atoms with E-state index in [4.69, 9.17) is 4.74 Å². The smallest absolute Gasteiger partial charge is 0.251 e. The third kappa shape index (κ3) is 5.76. The fraction of sp³-hybridized carbons (Fsp3) is 0.429. The number of nitrogens with one attached hydrogen (secondary N) is 2. The lowest BCUT2D eigenvalue weighted by atomic mass is 10.00. The number of hydrogen-bond donors (Lipinski definition) is 3. The molecule has 0 radical (unpaired) electrons. The van der Waals surface area contributed by atoms with Gasteiger partial charge in [0, 0.05) is 50.6 Å². The van der Waals surface area contributed by atoms with Gasteiger partial charge >= 0.3 is 0 Å². The molecule has 1 aliphatic rings. The van der Waals surface area contributed by atoms with Crippen LogP contribution in [0.1, 0.15) is 21.5 Å². The van der Waals surface area contributed by atoms with Crippen molar-refractivity contribution in [1.29, 1.82) is 0 Å². The Morgan fingerprint density at radius 1 is 1.32 bits per heavy atom. The second-order valence-corrected chi connectivity index (χ2v) is 6.95. The maximum atomic E-state index is 12.4. The molecule has 1 atom stereocenters. The Bertz CT molecular complexity index is 784. The van der Waals surface area contributed by atoms with Crippen LogP contribution in [0.4, 0.5) is 0 Å². The molecule has 1 unspecified atom stereocenters. The number of amides is 1. The van der Waals surface area contributed by atoms with Crippen LogP contribution in [0.25, 0.3) is 0 Å². The van der Waals surface area contributed by atoms with E-state index in [-0.39, 0.29) is 12.5 Å². The van der Waals surface area contributed by atoms with Gasteiger partial charge in [-0.25, -0.2) is 4.98 Å². The van der Waals surface area contributed by atoms with Crippen LogP contribution in [0.3, 0.4) is 0 Å². The molecule has 3 rings (SSSR count). The number of fused-ring (bicyclic) bond motifs is 1. The predicted molar refractivity (Wildman–Crippen MR) is 107 cm³/mol. The molecule has 0 saturated carbocycles. The third-order valence-electron chi connectivity index (χ3n) is 4.78. The molecule has 0 saturated heterocycles. The summed E-state index contributed by atoms with van der Waals surface area (Å²) in [6.07, 6.45) is 1.91. The van der Waals surface area contributed by atoms with Gasteiger partial charge in [0.25, 0.3) is 5.91 Å². The fourth-order valence-electron chi connectivity index (χ4n) is 3.27. The minimum atomic E-state index is -0.623. The van der Waals surface area contributed by atoms with Crippen LogP contribution in [0.2, 0.25) is 0 Å². The van der Waals surface area contributed by atoms with Crippen molar-refractivity contribution in [2.75, 3.05) is 39.8 Å². The van der Waals surface area contributed by atoms with Crippen LogP contribution in [-0.4, -0.2) is 66.8 Å². The Labute approximate surface area is 165 Å². The maximum absolute atomic E-state index is 12.4. The second kappa shape index (κ2) is 10.2. The fourth-order valence-corrected chi connectivity index (χ4v) is 3.27. The molecule has 2 heterocycles. The topological polar surface area (TPSA) is 86.7 Å². The number of aromatic nitrogens is 1. The first-order chi connectivity index (χ1) is 13.7. The molecule has 7 heteroatoms. The van der Waals surface area contributed by atoms with Crippen LogP contribution in [0, 0.1) is 0 Å². The molecule has 1 amide bonds. The van der Waals surface area contributed by atoms with Crippen LogP contribution < -0.4 is 15.4 Å². The SMILES string of the molecule is CNCCOc1cc(C(=O)NCC(O)CN2CCc3ccccc3C2)ccn1. The predicted octanol–water partition coefficient (Wildman–Crippen LogP) is 0.829. The first-order valence-electron chi connectivity index (χ1n) is 9.64. The molecule has 0 spiro atoms. The monoisotopic (exact) mass is 384 g/mol. The third-order valence-corrected chi connectivity index (χ3v) is 4.78. The summed E-state index contributed by atoms with van der Waals surface area (Å²) in [6.45, 7) is 3.66. The van der Waals surface area contributed by atoms with E-state index >= 15 is 0 Å². The van der Waals surface area contributed by atoms with E-state index in [0.717, 1.165) is 19.5 Å². The summed E-state index contributed by atoms with van der Waals surface area (Å²) in [6, 6.07) is 11.6. The van der Waals surface area contributed by atoms with Crippen LogP contribution in [-0.2, 0) is 13.0 Å². The minimum absolute atomic E-state index is 0.204. The van der Waals surface area contributed by atoms with Crippen molar-refractivity contribution in [1.82, 2.24) is 20.5 Å². The van der Waals surface area contributed by atoms with Crippen LogP contribution >= 0.6 is 0 Å². The van der Waals surface area contributed by atoms with Gasteiger partial charge in [0.05, 0.1) is 6.10 Å². The molecule has 0 aliphatic carbocycles. The zero-order valence-corrected chi connectivity index (χ0v) is 16.2. The molecule has 1 aromatic carbocycles. The summed E-state index contributed by atoms with van der Waals surface area (Å²) < 4.78 is 5.48. The Morgan fingerprint density at radius 2 is 2.14 bits per heavy atom. The molecule has 150 valence electrons. The van der Waals surface area contributed by atoms with E-state index in [1.165, 1.54) is 11.1 Å². The van der Waals surface area contributed by atoms with Gasteiger partial charge in [-0.1, -0.05) is 24.3 Å². The summed E-state index contributed by atoms with van der Waals surface area (Å²) in [7, 11) is 1.84. The van der Waals surface area contributed by atoms with E-state index in [9.17, 15) is 9.90 Å². The Kier molecular flexibility index (Phi) is 7.36. The number of aliphatic hydroxyl groups is 1. The summed E-state index contributed by atoms with van der Waals surface area (Å²) in [5.41, 5.74) is 3.16. The number of β-amino-alcohol motifs (C(OH)–C–C–N with tert-alkyl or cyclic N) is 1. The second-order valence-electron chi connectivity index (χ2n) is 6.95. The highest BCUT2D eigenvalue weighted by Gasteiger charge is 2.19. The minimum Gasteiger partial charge on any atom is -0.476 e. The first kappa shape index (κ1) is 20.3. The van der Waals surface area contributed by atoms with E-state index in [1.807, 2.05) is 13.1 Å². The van der Waals surface area contributed by atoms with Gasteiger partial charge in [-0.15, -0.1) is 0 Å². The number of likely N-dealkylation sites (N-methyl/N-ethyl adjacent to an activating group) is 1. The lowest BCUT2D eigenvalue weighted by molar-refractivity contribution is 0.0841. The van der Waals surface area contributed by atoms with Crippen molar-refractivity contribution in [3.05, 3.63) is 59.3 Å². The maximum Gasteiger partial charge on any atom is 0.251 e. The van der Waals surface area contributed by atoms with E-state index in [2.05, 4.69) is 38.7 Å². The summed E-state index contributed by atoms with van der Waals surface area (Å²) in [5, 5.41) is 16.1. The van der Waals surface area contributed by atoms with E-state index < -0.39 is 6.10 Å². The van der Waals surface area contributed by atoms with Gasteiger partial charge < -0.3 is 20.5 Å². The normalized spacial score (nSPS) is 14.9. The summed E-state index contributed by atoms with van der Waals surface area (Å²) in [5.74, 6) is 0.166. The number of rotatable bonds is 9. The lowest BCUT2D eigenvalue weighted by Crippen LogP contribution is -2.42. The number of aliphatic hydroxyl groups excluding tert-OH is 1. The number of nitrogens with zero attached hydrogens (tertiary/aromatic N) is 2. The number of carbonyl (C=O) groups is 1. The van der Waals surface area contributed by atoms with Crippen molar-refractivity contribution in [3.63, 3.8) is 0 Å². The lowest BCUT2D eigenvalue weighted by Gasteiger charge is -2.30. The van der Waals surface area contributed by atoms with Crippen LogP contribution in [0.5, 0.6) is 5.88 Å². The molecule has 3 N–H and O–H groups in total. The molecule has 7 nitrogen and oxygen atoms in total. The standard InChI is InChI=1S/C21H28N4O3/c1-22-9-11-28-20-12-17(6-8-23-20)21(27)24-13-19(26)15-25-10-7-16-4-2-3-5-18(16)14-25/h2-6,8,12,19,22,26H,7,9-11,13-15H2,1H3,(H,24,27). The zero-order valence-electron chi connectivity index (χ0n) is 16.2. The van der Waals surface area contributed by atoms with Crippen molar-refractivity contribution in [2.45, 2.75) is 19.1 Å². The van der Waals surface area contributed by atoms with Gasteiger partial charge in [0.15, 0.2) is 0 Å². The highest BCUT2D eigenvalue weighted by Crippen LogP contribution is 2.18. The Hall–Kier alpha value is -2.48. The van der Waals surface area contributed by atoms with Crippen LogP contribution in [0.15, 0.2) is 42.6 Å². The molecular formula is C21H28N4O3.